The van der Waals surface area contributed by atoms with Gasteiger partial charge in [-0.25, -0.2) is 0 Å². The zero-order chi connectivity index (χ0) is 13.1. The minimum absolute atomic E-state index is 0.0155. The second kappa shape index (κ2) is 5.50. The number of hydrogen-bond acceptors (Lipinski definition) is 3. The summed E-state index contributed by atoms with van der Waals surface area (Å²) < 4.78 is 6.17. The molecule has 96 valence electrons. The van der Waals surface area contributed by atoms with Gasteiger partial charge in [0.1, 0.15) is 0 Å². The van der Waals surface area contributed by atoms with Crippen LogP contribution in [0.1, 0.15) is 22.2 Å². The Morgan fingerprint density at radius 1 is 1.44 bits per heavy atom. The summed E-state index contributed by atoms with van der Waals surface area (Å²) in [5.74, 6) is -0.0155. The minimum atomic E-state index is -0.0155. The first-order valence-electron chi connectivity index (χ1n) is 5.91. The molecule has 3 nitrogen and oxygen atoms in total. The summed E-state index contributed by atoms with van der Waals surface area (Å²) in [5, 5.41) is 4.10. The van der Waals surface area contributed by atoms with E-state index in [1.54, 1.807) is 7.11 Å². The van der Waals surface area contributed by atoms with Gasteiger partial charge in [0.25, 0.3) is 5.91 Å². The van der Waals surface area contributed by atoms with E-state index in [2.05, 4.69) is 11.4 Å². The van der Waals surface area contributed by atoms with Crippen LogP contribution in [0.5, 0.6) is 0 Å². The number of carbonyl (C=O) groups excluding carboxylic acids is 1. The predicted molar refractivity (Wildman–Crippen MR) is 75.4 cm³/mol. The first-order chi connectivity index (χ1) is 8.63. The summed E-state index contributed by atoms with van der Waals surface area (Å²) in [6.07, 6.45) is 0. The lowest BCUT2D eigenvalue weighted by Gasteiger charge is -2.12. The highest BCUT2D eigenvalue weighted by Crippen LogP contribution is 2.30. The molecule has 2 aromatic rings. The van der Waals surface area contributed by atoms with Gasteiger partial charge < -0.3 is 10.1 Å². The molecule has 1 aromatic heterocycles. The van der Waals surface area contributed by atoms with E-state index in [0.29, 0.717) is 6.61 Å². The summed E-state index contributed by atoms with van der Waals surface area (Å²) in [4.78, 5) is 13.0. The van der Waals surface area contributed by atoms with Crippen molar-refractivity contribution in [2.45, 2.75) is 19.9 Å². The SMILES string of the molecule is COCC(C)NC(=O)c1sc2ccccc2c1C. The van der Waals surface area contributed by atoms with Crippen LogP contribution in [0.15, 0.2) is 24.3 Å². The van der Waals surface area contributed by atoms with Crippen molar-refractivity contribution in [1.29, 1.82) is 0 Å². The Kier molecular flexibility index (Phi) is 3.99. The number of ether oxygens (including phenoxy) is 1. The maximum absolute atomic E-state index is 12.2. The molecule has 0 saturated heterocycles. The van der Waals surface area contributed by atoms with E-state index in [0.717, 1.165) is 20.5 Å². The molecule has 1 amide bonds. The number of aryl methyl sites for hydroxylation is 1. The molecule has 2 rings (SSSR count). The molecule has 0 fully saturated rings. The molecular formula is C14H17NO2S. The van der Waals surface area contributed by atoms with Gasteiger partial charge in [-0.05, 0) is 30.9 Å². The molecule has 1 unspecified atom stereocenters. The number of nitrogens with one attached hydrogen (secondary N) is 1. The normalized spacial score (nSPS) is 12.6. The summed E-state index contributed by atoms with van der Waals surface area (Å²) in [6.45, 7) is 4.45. The highest BCUT2D eigenvalue weighted by molar-refractivity contribution is 7.21. The largest absolute Gasteiger partial charge is 0.383 e. The molecule has 0 bridgehead atoms. The van der Waals surface area contributed by atoms with Crippen molar-refractivity contribution in [2.75, 3.05) is 13.7 Å². The van der Waals surface area contributed by atoms with Crippen LogP contribution < -0.4 is 5.32 Å². The van der Waals surface area contributed by atoms with Crippen molar-refractivity contribution in [1.82, 2.24) is 5.32 Å². The van der Waals surface area contributed by atoms with Crippen LogP contribution in [-0.4, -0.2) is 25.7 Å². The van der Waals surface area contributed by atoms with E-state index in [1.807, 2.05) is 32.0 Å². The maximum Gasteiger partial charge on any atom is 0.261 e. The summed E-state index contributed by atoms with van der Waals surface area (Å²) in [6, 6.07) is 8.11. The van der Waals surface area contributed by atoms with Gasteiger partial charge in [-0.15, -0.1) is 11.3 Å². The van der Waals surface area contributed by atoms with Crippen LogP contribution in [0.25, 0.3) is 10.1 Å². The molecule has 0 aliphatic heterocycles. The van der Waals surface area contributed by atoms with Crippen LogP contribution in [-0.2, 0) is 4.74 Å². The fourth-order valence-electron chi connectivity index (χ4n) is 1.97. The Morgan fingerprint density at radius 3 is 2.83 bits per heavy atom. The number of carbonyl (C=O) groups is 1. The van der Waals surface area contributed by atoms with Crippen LogP contribution >= 0.6 is 11.3 Å². The zero-order valence-corrected chi connectivity index (χ0v) is 11.6. The van der Waals surface area contributed by atoms with E-state index in [4.69, 9.17) is 4.74 Å². The fourth-order valence-corrected chi connectivity index (χ4v) is 3.08. The Hall–Kier alpha value is -1.39. The van der Waals surface area contributed by atoms with Crippen LogP contribution in [0.2, 0.25) is 0 Å². The number of hydrogen-bond donors (Lipinski definition) is 1. The van der Waals surface area contributed by atoms with E-state index in [1.165, 1.54) is 11.3 Å². The highest BCUT2D eigenvalue weighted by Gasteiger charge is 2.16. The predicted octanol–water partition coefficient (Wildman–Crippen LogP) is 2.97. The van der Waals surface area contributed by atoms with Gasteiger partial charge in [-0.2, -0.15) is 0 Å². The Bertz CT molecular complexity index is 562. The lowest BCUT2D eigenvalue weighted by molar-refractivity contribution is 0.0909. The maximum atomic E-state index is 12.2. The van der Waals surface area contributed by atoms with Crippen LogP contribution in [0.3, 0.4) is 0 Å². The topological polar surface area (TPSA) is 38.3 Å². The molecule has 1 atom stereocenters. The number of amides is 1. The van der Waals surface area contributed by atoms with E-state index < -0.39 is 0 Å². The summed E-state index contributed by atoms with van der Waals surface area (Å²) in [7, 11) is 1.63. The van der Waals surface area contributed by atoms with Gasteiger partial charge in [0, 0.05) is 17.9 Å². The molecule has 18 heavy (non-hydrogen) atoms. The molecule has 0 saturated carbocycles. The number of thiophene rings is 1. The van der Waals surface area contributed by atoms with E-state index in [9.17, 15) is 4.79 Å². The first-order valence-corrected chi connectivity index (χ1v) is 6.73. The zero-order valence-electron chi connectivity index (χ0n) is 10.8. The second-order valence-electron chi connectivity index (χ2n) is 4.38. The van der Waals surface area contributed by atoms with Gasteiger partial charge in [-0.1, -0.05) is 18.2 Å². The third-order valence-electron chi connectivity index (χ3n) is 2.84. The lowest BCUT2D eigenvalue weighted by Crippen LogP contribution is -2.35. The van der Waals surface area contributed by atoms with Crippen molar-refractivity contribution in [3.05, 3.63) is 34.7 Å². The van der Waals surface area contributed by atoms with Crippen molar-refractivity contribution >= 4 is 27.3 Å². The van der Waals surface area contributed by atoms with Gasteiger partial charge in [0.15, 0.2) is 0 Å². The van der Waals surface area contributed by atoms with Gasteiger partial charge in [0.05, 0.1) is 11.5 Å². The van der Waals surface area contributed by atoms with Crippen molar-refractivity contribution in [3.8, 4) is 0 Å². The second-order valence-corrected chi connectivity index (χ2v) is 5.43. The highest BCUT2D eigenvalue weighted by atomic mass is 32.1. The third kappa shape index (κ3) is 2.54. The summed E-state index contributed by atoms with van der Waals surface area (Å²) in [5.41, 5.74) is 1.05. The molecule has 0 aliphatic rings. The fraction of sp³-hybridized carbons (Fsp3) is 0.357. The van der Waals surface area contributed by atoms with Crippen LogP contribution in [0, 0.1) is 6.92 Å². The van der Waals surface area contributed by atoms with E-state index in [-0.39, 0.29) is 11.9 Å². The Labute approximate surface area is 111 Å². The average molecular weight is 263 g/mol. The first kappa shape index (κ1) is 13.1. The molecular weight excluding hydrogens is 246 g/mol. The van der Waals surface area contributed by atoms with Gasteiger partial charge in [0.2, 0.25) is 0 Å². The molecule has 0 radical (unpaired) electrons. The van der Waals surface area contributed by atoms with Gasteiger partial charge in [-0.3, -0.25) is 4.79 Å². The third-order valence-corrected chi connectivity index (χ3v) is 4.12. The molecule has 0 spiro atoms. The van der Waals surface area contributed by atoms with Crippen molar-refractivity contribution < 1.29 is 9.53 Å². The molecule has 1 heterocycles. The Morgan fingerprint density at radius 2 is 2.17 bits per heavy atom. The number of methoxy groups -OCH3 is 1. The van der Waals surface area contributed by atoms with Crippen LogP contribution in [0.4, 0.5) is 0 Å². The monoisotopic (exact) mass is 263 g/mol. The van der Waals surface area contributed by atoms with Crippen molar-refractivity contribution in [2.24, 2.45) is 0 Å². The number of rotatable bonds is 4. The molecule has 1 N–H and O–H groups in total. The number of fused-ring (bicyclic) bond motifs is 1. The van der Waals surface area contributed by atoms with Gasteiger partial charge >= 0.3 is 0 Å². The van der Waals surface area contributed by atoms with Crippen molar-refractivity contribution in [3.63, 3.8) is 0 Å². The average Bonchev–Trinajstić information content (AvgIpc) is 2.68. The smallest absolute Gasteiger partial charge is 0.261 e. The Balaban J connectivity index is 2.25. The lowest BCUT2D eigenvalue weighted by atomic mass is 10.1. The minimum Gasteiger partial charge on any atom is -0.383 e. The quantitative estimate of drug-likeness (QED) is 0.921. The standard InChI is InChI=1S/C14H17NO2S/c1-9(8-17-3)15-14(16)13-10(2)11-6-4-5-7-12(11)18-13/h4-7,9H,8H2,1-3H3,(H,15,16). The molecule has 1 aromatic carbocycles. The molecule has 4 heteroatoms. The number of benzene rings is 1. The summed E-state index contributed by atoms with van der Waals surface area (Å²) >= 11 is 1.54. The molecule has 0 aliphatic carbocycles. The van der Waals surface area contributed by atoms with E-state index >= 15 is 0 Å².